The summed E-state index contributed by atoms with van der Waals surface area (Å²) < 4.78 is 0. The average molecular weight is 1240 g/mol. The van der Waals surface area contributed by atoms with Crippen LogP contribution >= 0.6 is 0 Å². The molecule has 0 atom stereocenters. The van der Waals surface area contributed by atoms with Gasteiger partial charge in [-0.3, -0.25) is 0 Å². The van der Waals surface area contributed by atoms with E-state index < -0.39 is 0 Å². The molecule has 0 saturated carbocycles. The Labute approximate surface area is 571 Å². The molecule has 0 aliphatic carbocycles. The van der Waals surface area contributed by atoms with Gasteiger partial charge < -0.3 is 0 Å². The van der Waals surface area contributed by atoms with Gasteiger partial charge in [0.25, 0.3) is 0 Å². The van der Waals surface area contributed by atoms with Crippen molar-refractivity contribution in [2.45, 2.75) is 41.5 Å². The van der Waals surface area contributed by atoms with Gasteiger partial charge in [-0.2, -0.15) is 0 Å². The van der Waals surface area contributed by atoms with E-state index in [1.54, 1.807) is 0 Å². The maximum absolute atomic E-state index is 2.26. The van der Waals surface area contributed by atoms with Crippen molar-refractivity contribution < 1.29 is 0 Å². The van der Waals surface area contributed by atoms with Crippen LogP contribution in [-0.2, 0) is 0 Å². The summed E-state index contributed by atoms with van der Waals surface area (Å²) in [5.41, 5.74) is 30.7. The topological polar surface area (TPSA) is 0 Å². The zero-order valence-electron chi connectivity index (χ0n) is 56.1. The molecule has 0 radical (unpaired) electrons. The Morgan fingerprint density at radius 2 is 0.302 bits per heavy atom. The lowest BCUT2D eigenvalue weighted by Crippen LogP contribution is -1.84. The van der Waals surface area contributed by atoms with Crippen LogP contribution in [0.4, 0.5) is 0 Å². The van der Waals surface area contributed by atoms with Crippen molar-refractivity contribution >= 4 is 0 Å². The van der Waals surface area contributed by atoms with Gasteiger partial charge in [0, 0.05) is 0 Å². The second-order valence-corrected chi connectivity index (χ2v) is 24.1. The third-order valence-corrected chi connectivity index (χ3v) is 16.6. The minimum absolute atomic E-state index is 1.26. The molecule has 0 N–H and O–H groups in total. The molecule has 0 unspecified atom stereocenters. The van der Waals surface area contributed by atoms with Crippen LogP contribution in [0.5, 0.6) is 0 Å². The molecule has 96 heavy (non-hydrogen) atoms. The van der Waals surface area contributed by atoms with Gasteiger partial charge in [0.05, 0.1) is 0 Å². The maximum Gasteiger partial charge on any atom is -0.0155 e. The third kappa shape index (κ3) is 20.4. The molecule has 0 saturated heterocycles. The fourth-order valence-corrected chi connectivity index (χ4v) is 11.2. The largest absolute Gasteiger partial charge is 0.0622 e. The molecule has 0 spiro atoms. The van der Waals surface area contributed by atoms with Crippen LogP contribution in [0.1, 0.15) is 33.4 Å². The standard InChI is InChI=1S/4C19H16.C13H12.C7H8/c1-15-7-5-10-17(13-15)19-12-6-11-18(14-19)16-8-3-2-4-9-16;1-15-8-5-6-13-19(15)18-12-7-11-17(14-18)16-9-3-2-4-10-16;1-15-6-5-9-19(14-15)18-12-10-17(11-13-18)16-7-3-2-4-8-16;1-15-7-9-17(10-8-15)19-13-11-18(12-14-19)16-5-3-2-4-6-16;1-11-7-9-13(10-8-11)12-5-3-2-4-6-12;1-7-5-3-2-4-6-7/h4*2-14H,1H3;2-10H,1H3;2-6H,1H3. The van der Waals surface area contributed by atoms with Gasteiger partial charge in [0.2, 0.25) is 0 Å². The SMILES string of the molecule is Cc1ccc(-c2ccc(-c3ccccc3)cc2)cc1.Cc1ccc(-c2ccccc2)cc1.Cc1cccc(-c2ccc(-c3ccccc3)cc2)c1.Cc1cccc(-c2cccc(-c3ccccc3)c2)c1.Cc1ccccc1.Cc1ccccc1-c1cccc(-c2ccccc2)c1. The Morgan fingerprint density at radius 1 is 0.115 bits per heavy atom. The first-order valence-electron chi connectivity index (χ1n) is 33.1. The Morgan fingerprint density at radius 3 is 0.615 bits per heavy atom. The van der Waals surface area contributed by atoms with E-state index in [4.69, 9.17) is 0 Å². The molecule has 0 heteroatoms. The molecule has 15 aromatic carbocycles. The highest BCUT2D eigenvalue weighted by molar-refractivity contribution is 5.77. The van der Waals surface area contributed by atoms with Crippen molar-refractivity contribution in [3.8, 4) is 100 Å². The van der Waals surface area contributed by atoms with E-state index in [9.17, 15) is 0 Å². The molecule has 15 rings (SSSR count). The van der Waals surface area contributed by atoms with Crippen LogP contribution in [0.15, 0.2) is 400 Å². The van der Waals surface area contributed by atoms with E-state index in [0.29, 0.717) is 0 Å². The lowest BCUT2D eigenvalue weighted by Gasteiger charge is -2.08. The van der Waals surface area contributed by atoms with Crippen LogP contribution in [0.25, 0.3) is 100 Å². The number of hydrogen-bond acceptors (Lipinski definition) is 0. The normalized spacial score (nSPS) is 10.2. The minimum atomic E-state index is 1.26. The molecule has 0 nitrogen and oxygen atoms in total. The van der Waals surface area contributed by atoms with Crippen molar-refractivity contribution in [2.24, 2.45) is 0 Å². The molecule has 0 aromatic heterocycles. The van der Waals surface area contributed by atoms with Gasteiger partial charge in [-0.1, -0.05) is 416 Å². The summed E-state index contributed by atoms with van der Waals surface area (Å²) in [6, 6.07) is 141. The smallest absolute Gasteiger partial charge is 0.0155 e. The molecule has 0 bridgehead atoms. The lowest BCUT2D eigenvalue weighted by molar-refractivity contribution is 1.46. The van der Waals surface area contributed by atoms with Crippen LogP contribution in [-0.4, -0.2) is 0 Å². The summed E-state index contributed by atoms with van der Waals surface area (Å²) in [6.45, 7) is 12.7. The highest BCUT2D eigenvalue weighted by atomic mass is 14.1. The Bertz CT molecular complexity index is 4710. The summed E-state index contributed by atoms with van der Waals surface area (Å²) in [4.78, 5) is 0. The molecule has 0 amide bonds. The molecular formula is C96H84. The Kier molecular flexibility index (Phi) is 24.8. The number of aryl methyl sites for hydroxylation is 6. The summed E-state index contributed by atoms with van der Waals surface area (Å²) in [6.07, 6.45) is 0. The molecule has 0 fully saturated rings. The number of hydrogen-bond donors (Lipinski definition) is 0. The van der Waals surface area contributed by atoms with Gasteiger partial charge in [0.1, 0.15) is 0 Å². The number of benzene rings is 15. The van der Waals surface area contributed by atoms with Crippen molar-refractivity contribution in [3.05, 3.63) is 434 Å². The molecule has 468 valence electrons. The van der Waals surface area contributed by atoms with Crippen LogP contribution in [0.3, 0.4) is 0 Å². The summed E-state index contributed by atoms with van der Waals surface area (Å²) in [5, 5.41) is 0. The van der Waals surface area contributed by atoms with Crippen LogP contribution in [0.2, 0.25) is 0 Å². The fourth-order valence-electron chi connectivity index (χ4n) is 11.2. The highest BCUT2D eigenvalue weighted by Gasteiger charge is 2.06. The van der Waals surface area contributed by atoms with E-state index in [1.807, 2.05) is 42.5 Å². The monoisotopic (exact) mass is 1240 g/mol. The third-order valence-electron chi connectivity index (χ3n) is 16.6. The summed E-state index contributed by atoms with van der Waals surface area (Å²) in [5.74, 6) is 0. The van der Waals surface area contributed by atoms with Crippen molar-refractivity contribution in [1.82, 2.24) is 0 Å². The minimum Gasteiger partial charge on any atom is -0.0622 e. The van der Waals surface area contributed by atoms with E-state index >= 15 is 0 Å². The van der Waals surface area contributed by atoms with E-state index in [0.717, 1.165) is 0 Å². The van der Waals surface area contributed by atoms with Crippen LogP contribution in [0, 0.1) is 41.5 Å². The molecule has 0 heterocycles. The fraction of sp³-hybridized carbons (Fsp3) is 0.0625. The maximum atomic E-state index is 2.26. The Balaban J connectivity index is 0.000000128. The summed E-state index contributed by atoms with van der Waals surface area (Å²) >= 11 is 0. The summed E-state index contributed by atoms with van der Waals surface area (Å²) in [7, 11) is 0. The molecule has 15 aromatic rings. The van der Waals surface area contributed by atoms with Gasteiger partial charge >= 0.3 is 0 Å². The van der Waals surface area contributed by atoms with Gasteiger partial charge in [-0.25, -0.2) is 0 Å². The molecular weight excluding hydrogens is 1150 g/mol. The highest BCUT2D eigenvalue weighted by Crippen LogP contribution is 2.31. The van der Waals surface area contributed by atoms with Crippen molar-refractivity contribution in [3.63, 3.8) is 0 Å². The zero-order chi connectivity index (χ0) is 66.5. The first-order valence-corrected chi connectivity index (χ1v) is 33.1. The van der Waals surface area contributed by atoms with Gasteiger partial charge in [0.15, 0.2) is 0 Å². The average Bonchev–Trinajstić information content (AvgIpc) is 1.08. The first-order chi connectivity index (χ1) is 47.1. The molecule has 0 aliphatic heterocycles. The van der Waals surface area contributed by atoms with Crippen LogP contribution < -0.4 is 0 Å². The predicted octanol–water partition coefficient (Wildman–Crippen LogP) is 27.0. The molecule has 0 aliphatic rings. The van der Waals surface area contributed by atoms with E-state index in [1.165, 1.54) is 134 Å². The predicted molar refractivity (Wildman–Crippen MR) is 416 cm³/mol. The number of rotatable bonds is 9. The van der Waals surface area contributed by atoms with Crippen molar-refractivity contribution in [2.75, 3.05) is 0 Å². The quantitative estimate of drug-likeness (QED) is 0.135. The second-order valence-electron chi connectivity index (χ2n) is 24.1. The zero-order valence-corrected chi connectivity index (χ0v) is 56.1. The van der Waals surface area contributed by atoms with Crippen molar-refractivity contribution in [1.29, 1.82) is 0 Å². The second kappa shape index (κ2) is 35.4. The lowest BCUT2D eigenvalue weighted by atomic mass is 9.96. The van der Waals surface area contributed by atoms with Gasteiger partial charge in [-0.05, 0) is 159 Å². The van der Waals surface area contributed by atoms with E-state index in [2.05, 4.69) is 399 Å². The van der Waals surface area contributed by atoms with Gasteiger partial charge in [-0.15, -0.1) is 0 Å². The van der Waals surface area contributed by atoms with E-state index in [-0.39, 0.29) is 0 Å². The first kappa shape index (κ1) is 67.2. The Hall–Kier alpha value is -11.7.